The molecule has 1 fully saturated rings. The van der Waals surface area contributed by atoms with E-state index >= 15 is 0 Å². The molecule has 0 saturated heterocycles. The van der Waals surface area contributed by atoms with E-state index in [0.717, 1.165) is 12.8 Å². The zero-order chi connectivity index (χ0) is 18.8. The number of carbonyl (C=O) groups excluding carboxylic acids is 1. The lowest BCUT2D eigenvalue weighted by Crippen LogP contribution is -2.31. The van der Waals surface area contributed by atoms with Crippen molar-refractivity contribution in [3.8, 4) is 5.75 Å². The number of nitrogens with zero attached hydrogens (tertiary/aromatic N) is 2. The number of benzene rings is 2. The summed E-state index contributed by atoms with van der Waals surface area (Å²) in [4.78, 5) is 30.3. The van der Waals surface area contributed by atoms with E-state index in [1.165, 1.54) is 4.57 Å². The van der Waals surface area contributed by atoms with Crippen molar-refractivity contribution in [1.29, 1.82) is 0 Å². The van der Waals surface area contributed by atoms with Gasteiger partial charge in [0.25, 0.3) is 5.56 Å². The molecule has 1 N–H and O–H groups in total. The van der Waals surface area contributed by atoms with Crippen molar-refractivity contribution < 1.29 is 9.53 Å². The fourth-order valence-corrected chi connectivity index (χ4v) is 3.18. The Morgan fingerprint density at radius 1 is 1.19 bits per heavy atom. The number of para-hydroxylation sites is 3. The summed E-state index contributed by atoms with van der Waals surface area (Å²) in [5.74, 6) is 1.29. The fourth-order valence-electron chi connectivity index (χ4n) is 3.18. The molecule has 27 heavy (non-hydrogen) atoms. The van der Waals surface area contributed by atoms with Crippen molar-refractivity contribution in [2.75, 3.05) is 11.9 Å². The Hall–Kier alpha value is -3.15. The molecule has 1 aliphatic carbocycles. The number of anilines is 1. The molecule has 0 spiro atoms. The van der Waals surface area contributed by atoms with Crippen LogP contribution in [0.4, 0.5) is 5.69 Å². The summed E-state index contributed by atoms with van der Waals surface area (Å²) in [5, 5.41) is 3.39. The van der Waals surface area contributed by atoms with Gasteiger partial charge in [0.1, 0.15) is 18.1 Å². The van der Waals surface area contributed by atoms with Crippen LogP contribution in [-0.4, -0.2) is 22.1 Å². The van der Waals surface area contributed by atoms with Gasteiger partial charge in [0.15, 0.2) is 0 Å². The van der Waals surface area contributed by atoms with Gasteiger partial charge in [-0.25, -0.2) is 4.98 Å². The number of ether oxygens (including phenoxy) is 1. The predicted molar refractivity (Wildman–Crippen MR) is 104 cm³/mol. The van der Waals surface area contributed by atoms with E-state index < -0.39 is 0 Å². The van der Waals surface area contributed by atoms with Crippen LogP contribution in [0.5, 0.6) is 5.75 Å². The van der Waals surface area contributed by atoms with Gasteiger partial charge in [-0.1, -0.05) is 24.3 Å². The van der Waals surface area contributed by atoms with Crippen molar-refractivity contribution in [2.24, 2.45) is 0 Å². The van der Waals surface area contributed by atoms with E-state index in [9.17, 15) is 9.59 Å². The number of nitrogens with one attached hydrogen (secondary N) is 1. The summed E-state index contributed by atoms with van der Waals surface area (Å²) in [6.07, 6.45) is 2.00. The maximum atomic E-state index is 13.0. The first-order chi connectivity index (χ1) is 13.2. The maximum Gasteiger partial charge on any atom is 0.261 e. The molecule has 1 aromatic heterocycles. The van der Waals surface area contributed by atoms with Crippen molar-refractivity contribution in [3.05, 3.63) is 64.7 Å². The fraction of sp³-hybridized carbons (Fsp3) is 0.286. The zero-order valence-corrected chi connectivity index (χ0v) is 15.1. The number of aromatic nitrogens is 2. The quantitative estimate of drug-likeness (QED) is 0.729. The lowest BCUT2D eigenvalue weighted by Gasteiger charge is -2.14. The van der Waals surface area contributed by atoms with Crippen LogP contribution in [0.2, 0.25) is 0 Å². The number of carbonyl (C=O) groups is 1. The minimum absolute atomic E-state index is 0.0665. The Kier molecular flexibility index (Phi) is 4.62. The number of hydrogen-bond acceptors (Lipinski definition) is 4. The van der Waals surface area contributed by atoms with Gasteiger partial charge in [-0.05, 0) is 44.0 Å². The smallest absolute Gasteiger partial charge is 0.261 e. The highest BCUT2D eigenvalue weighted by Gasteiger charge is 2.30. The van der Waals surface area contributed by atoms with E-state index in [1.807, 2.05) is 37.3 Å². The topological polar surface area (TPSA) is 73.2 Å². The van der Waals surface area contributed by atoms with Crippen molar-refractivity contribution in [3.63, 3.8) is 0 Å². The molecule has 0 unspecified atom stereocenters. The Balaban J connectivity index is 1.65. The van der Waals surface area contributed by atoms with Crippen LogP contribution < -0.4 is 15.6 Å². The molecule has 2 aromatic carbocycles. The Labute approximate surface area is 156 Å². The molecule has 0 aliphatic heterocycles. The Morgan fingerprint density at radius 3 is 2.70 bits per heavy atom. The van der Waals surface area contributed by atoms with Crippen LogP contribution in [0, 0.1) is 0 Å². The monoisotopic (exact) mass is 363 g/mol. The van der Waals surface area contributed by atoms with Crippen LogP contribution in [0.15, 0.2) is 53.3 Å². The second kappa shape index (κ2) is 7.23. The van der Waals surface area contributed by atoms with Gasteiger partial charge >= 0.3 is 0 Å². The first-order valence-corrected chi connectivity index (χ1v) is 9.18. The van der Waals surface area contributed by atoms with E-state index in [0.29, 0.717) is 34.8 Å². The summed E-state index contributed by atoms with van der Waals surface area (Å²) in [5.41, 5.74) is 1.11. The van der Waals surface area contributed by atoms with Crippen LogP contribution in [0.25, 0.3) is 10.9 Å². The first-order valence-electron chi connectivity index (χ1n) is 9.18. The lowest BCUT2D eigenvalue weighted by molar-refractivity contribution is -0.116. The van der Waals surface area contributed by atoms with E-state index in [1.54, 1.807) is 18.2 Å². The molecule has 138 valence electrons. The average molecular weight is 363 g/mol. The molecule has 1 saturated carbocycles. The van der Waals surface area contributed by atoms with Gasteiger partial charge in [-0.2, -0.15) is 0 Å². The molecule has 1 amide bonds. The highest BCUT2D eigenvalue weighted by Crippen LogP contribution is 2.39. The maximum absolute atomic E-state index is 13.0. The van der Waals surface area contributed by atoms with Gasteiger partial charge in [-0.3, -0.25) is 14.2 Å². The van der Waals surface area contributed by atoms with Gasteiger partial charge < -0.3 is 10.1 Å². The average Bonchev–Trinajstić information content (AvgIpc) is 3.51. The normalized spacial score (nSPS) is 13.5. The van der Waals surface area contributed by atoms with Crippen LogP contribution in [-0.2, 0) is 11.3 Å². The molecular weight excluding hydrogens is 342 g/mol. The minimum atomic E-state index is -0.275. The van der Waals surface area contributed by atoms with E-state index in [-0.39, 0.29) is 23.9 Å². The van der Waals surface area contributed by atoms with Gasteiger partial charge in [0, 0.05) is 5.92 Å². The van der Waals surface area contributed by atoms with Gasteiger partial charge in [-0.15, -0.1) is 0 Å². The lowest BCUT2D eigenvalue weighted by atomic mass is 10.2. The van der Waals surface area contributed by atoms with Crippen LogP contribution in [0.1, 0.15) is 31.5 Å². The summed E-state index contributed by atoms with van der Waals surface area (Å²) >= 11 is 0. The van der Waals surface area contributed by atoms with Gasteiger partial charge in [0.2, 0.25) is 5.91 Å². The highest BCUT2D eigenvalue weighted by molar-refractivity contribution is 5.92. The molecule has 0 bridgehead atoms. The number of fused-ring (bicyclic) bond motifs is 1. The third-order valence-corrected chi connectivity index (χ3v) is 4.60. The summed E-state index contributed by atoms with van der Waals surface area (Å²) in [6, 6.07) is 14.5. The third kappa shape index (κ3) is 3.56. The summed E-state index contributed by atoms with van der Waals surface area (Å²) in [6.45, 7) is 2.33. The van der Waals surface area contributed by atoms with Crippen LogP contribution in [0.3, 0.4) is 0 Å². The second-order valence-corrected chi connectivity index (χ2v) is 6.63. The number of amides is 1. The molecule has 4 rings (SSSR count). The van der Waals surface area contributed by atoms with Crippen molar-refractivity contribution >= 4 is 22.5 Å². The van der Waals surface area contributed by atoms with Gasteiger partial charge in [0.05, 0.1) is 23.2 Å². The molecule has 6 nitrogen and oxygen atoms in total. The predicted octanol–water partition coefficient (Wildman–Crippen LogP) is 3.31. The number of rotatable bonds is 6. The van der Waals surface area contributed by atoms with E-state index in [2.05, 4.69) is 10.3 Å². The molecule has 1 aliphatic rings. The largest absolute Gasteiger partial charge is 0.492 e. The highest BCUT2D eigenvalue weighted by atomic mass is 16.5. The molecule has 1 heterocycles. The van der Waals surface area contributed by atoms with Crippen molar-refractivity contribution in [2.45, 2.75) is 32.2 Å². The SMILES string of the molecule is CCOc1ccccc1NC(=O)Cn1c(C2CC2)nc2ccccc2c1=O. The second-order valence-electron chi connectivity index (χ2n) is 6.63. The Bertz CT molecular complexity index is 1050. The zero-order valence-electron chi connectivity index (χ0n) is 15.1. The van der Waals surface area contributed by atoms with Crippen LogP contribution >= 0.6 is 0 Å². The standard InChI is InChI=1S/C21H21N3O3/c1-2-27-18-10-6-5-9-17(18)22-19(25)13-24-20(14-11-12-14)23-16-8-4-3-7-15(16)21(24)26/h3-10,14H,2,11-13H2,1H3,(H,22,25). The molecule has 3 aromatic rings. The molecule has 6 heteroatoms. The molecular formula is C21H21N3O3. The molecule has 0 atom stereocenters. The van der Waals surface area contributed by atoms with Crippen molar-refractivity contribution in [1.82, 2.24) is 9.55 Å². The minimum Gasteiger partial charge on any atom is -0.492 e. The first kappa shape index (κ1) is 17.3. The summed E-state index contributed by atoms with van der Waals surface area (Å²) < 4.78 is 7.06. The Morgan fingerprint density at radius 2 is 1.93 bits per heavy atom. The van der Waals surface area contributed by atoms with E-state index in [4.69, 9.17) is 4.74 Å². The third-order valence-electron chi connectivity index (χ3n) is 4.60. The number of hydrogen-bond donors (Lipinski definition) is 1. The molecule has 0 radical (unpaired) electrons. The summed E-state index contributed by atoms with van der Waals surface area (Å²) in [7, 11) is 0.